The van der Waals surface area contributed by atoms with Gasteiger partial charge in [-0.15, -0.1) is 0 Å². The zero-order chi connectivity index (χ0) is 21.1. The summed E-state index contributed by atoms with van der Waals surface area (Å²) in [6.07, 6.45) is 0.901. The number of hydrogen-bond acceptors (Lipinski definition) is 6. The molecular weight excluding hydrogens is 376 g/mol. The second kappa shape index (κ2) is 11.7. The minimum Gasteiger partial charge on any atom is -0.493 e. The average molecular weight is 405 g/mol. The van der Waals surface area contributed by atoms with Crippen LogP contribution in [0.4, 0.5) is 4.79 Å². The maximum Gasteiger partial charge on any atom is 0.461 e. The summed E-state index contributed by atoms with van der Waals surface area (Å²) in [6, 6.07) is 11.4. The standard InChI is InChI=1S/C21H28N2O6/c1-25-17-7-5-15(13-19(17)27-3)9-11-22-21(24)29-23-12-10-16-6-8-18(26-2)20(14-16)28-4/h5-8,13-14,23H,9-12H2,1-4H3,(H,22,24)/q+1/p+1. The van der Waals surface area contributed by atoms with Crippen LogP contribution in [-0.4, -0.2) is 47.6 Å². The Balaban J connectivity index is 1.67. The molecule has 0 saturated heterocycles. The molecule has 1 radical (unpaired) electrons. The minimum atomic E-state index is -0.474. The quantitative estimate of drug-likeness (QED) is 0.336. The van der Waals surface area contributed by atoms with Gasteiger partial charge in [0.05, 0.1) is 21.3 Å². The molecule has 0 spiro atoms. The van der Waals surface area contributed by atoms with Crippen LogP contribution in [0.5, 0.6) is 23.0 Å². The van der Waals surface area contributed by atoms with Gasteiger partial charge in [-0.2, -0.15) is 5.48 Å². The van der Waals surface area contributed by atoms with Crippen molar-refractivity contribution in [2.75, 3.05) is 41.5 Å². The topological polar surface area (TPSA) is 93.9 Å². The van der Waals surface area contributed by atoms with Crippen LogP contribution in [0, 0.1) is 0 Å². The molecule has 0 aromatic heterocycles. The summed E-state index contributed by atoms with van der Waals surface area (Å²) in [5.41, 5.74) is 3.60. The summed E-state index contributed by atoms with van der Waals surface area (Å²) in [4.78, 5) is 16.9. The SMILES string of the molecule is COc1ccc(CC[NH2+]OC(=O)NCCc2ccc([O+]C)c(OC)c2)cc1OC. The van der Waals surface area contributed by atoms with Crippen LogP contribution < -0.4 is 29.7 Å². The normalized spacial score (nSPS) is 10.2. The maximum atomic E-state index is 11.8. The summed E-state index contributed by atoms with van der Waals surface area (Å²) < 4.78 is 21.0. The first-order chi connectivity index (χ1) is 14.1. The molecule has 8 heteroatoms. The second-order valence-electron chi connectivity index (χ2n) is 6.17. The summed E-state index contributed by atoms with van der Waals surface area (Å²) in [7, 11) is 6.39. The number of nitrogens with one attached hydrogen (secondary N) is 1. The highest BCUT2D eigenvalue weighted by molar-refractivity contribution is 5.66. The van der Waals surface area contributed by atoms with Crippen LogP contribution in [0.2, 0.25) is 0 Å². The zero-order valence-electron chi connectivity index (χ0n) is 17.3. The Labute approximate surface area is 171 Å². The Morgan fingerprint density at radius 2 is 1.59 bits per heavy atom. The summed E-state index contributed by atoms with van der Waals surface area (Å²) >= 11 is 0. The van der Waals surface area contributed by atoms with Gasteiger partial charge in [-0.3, -0.25) is 9.57 Å². The molecule has 2 rings (SSSR count). The minimum absolute atomic E-state index is 0.456. The van der Waals surface area contributed by atoms with Crippen molar-refractivity contribution in [2.45, 2.75) is 12.8 Å². The Morgan fingerprint density at radius 1 is 0.931 bits per heavy atom. The lowest BCUT2D eigenvalue weighted by atomic mass is 10.1. The Kier molecular flexibility index (Phi) is 8.91. The predicted molar refractivity (Wildman–Crippen MR) is 108 cm³/mol. The molecule has 0 unspecified atom stereocenters. The molecule has 0 fully saturated rings. The van der Waals surface area contributed by atoms with Gasteiger partial charge in [-0.25, -0.2) is 4.79 Å². The van der Waals surface area contributed by atoms with E-state index in [0.29, 0.717) is 42.5 Å². The third kappa shape index (κ3) is 6.76. The predicted octanol–water partition coefficient (Wildman–Crippen LogP) is 1.71. The number of nitrogens with two attached hydrogens (primary N) is 1. The number of quaternary nitrogens is 1. The first kappa shape index (κ1) is 22.2. The van der Waals surface area contributed by atoms with Gasteiger partial charge in [0.2, 0.25) is 5.75 Å². The van der Waals surface area contributed by atoms with E-state index in [4.69, 9.17) is 23.8 Å². The van der Waals surface area contributed by atoms with Crippen molar-refractivity contribution in [2.24, 2.45) is 0 Å². The van der Waals surface area contributed by atoms with Crippen LogP contribution in [0.15, 0.2) is 36.4 Å². The van der Waals surface area contributed by atoms with Gasteiger partial charge in [0.15, 0.2) is 11.5 Å². The Hall–Kier alpha value is -3.13. The van der Waals surface area contributed by atoms with Crippen LogP contribution in [0.3, 0.4) is 0 Å². The lowest BCUT2D eigenvalue weighted by molar-refractivity contribution is -0.870. The summed E-state index contributed by atoms with van der Waals surface area (Å²) in [5, 5.41) is 2.73. The molecule has 3 N–H and O–H groups in total. The van der Waals surface area contributed by atoms with E-state index < -0.39 is 6.09 Å². The van der Waals surface area contributed by atoms with Crippen molar-refractivity contribution < 1.29 is 34.1 Å². The van der Waals surface area contributed by atoms with E-state index in [0.717, 1.165) is 17.5 Å². The molecule has 0 heterocycles. The van der Waals surface area contributed by atoms with E-state index in [1.54, 1.807) is 28.4 Å². The monoisotopic (exact) mass is 405 g/mol. The Morgan fingerprint density at radius 3 is 2.28 bits per heavy atom. The lowest BCUT2D eigenvalue weighted by Gasteiger charge is -2.09. The fraction of sp³-hybridized carbons (Fsp3) is 0.381. The average Bonchev–Trinajstić information content (AvgIpc) is 2.76. The molecule has 8 nitrogen and oxygen atoms in total. The number of benzene rings is 2. The molecule has 0 bridgehead atoms. The van der Waals surface area contributed by atoms with E-state index in [-0.39, 0.29) is 0 Å². The van der Waals surface area contributed by atoms with Crippen molar-refractivity contribution >= 4 is 6.09 Å². The van der Waals surface area contributed by atoms with E-state index in [1.807, 2.05) is 36.4 Å². The van der Waals surface area contributed by atoms with Crippen molar-refractivity contribution in [3.8, 4) is 23.0 Å². The highest BCUT2D eigenvalue weighted by atomic mass is 16.7. The van der Waals surface area contributed by atoms with Gasteiger partial charge >= 0.3 is 11.8 Å². The fourth-order valence-electron chi connectivity index (χ4n) is 2.78. The highest BCUT2D eigenvalue weighted by Crippen LogP contribution is 2.28. The first-order valence-corrected chi connectivity index (χ1v) is 9.29. The molecule has 0 saturated carbocycles. The lowest BCUT2D eigenvalue weighted by Crippen LogP contribution is -2.85. The smallest absolute Gasteiger partial charge is 0.461 e. The molecule has 0 aliphatic heterocycles. The molecule has 0 aliphatic carbocycles. The summed E-state index contributed by atoms with van der Waals surface area (Å²) in [5.74, 6) is 2.70. The summed E-state index contributed by atoms with van der Waals surface area (Å²) in [6.45, 7) is 1.05. The van der Waals surface area contributed by atoms with E-state index in [1.165, 1.54) is 5.48 Å². The van der Waals surface area contributed by atoms with E-state index in [9.17, 15) is 4.79 Å². The number of carbonyl (C=O) groups is 1. The highest BCUT2D eigenvalue weighted by Gasteiger charge is 2.13. The molecule has 157 valence electrons. The number of amides is 1. The zero-order valence-corrected chi connectivity index (χ0v) is 17.3. The van der Waals surface area contributed by atoms with E-state index >= 15 is 0 Å². The van der Waals surface area contributed by atoms with Gasteiger partial charge < -0.3 is 19.5 Å². The van der Waals surface area contributed by atoms with Crippen LogP contribution >= 0.6 is 0 Å². The fourth-order valence-corrected chi connectivity index (χ4v) is 2.78. The van der Waals surface area contributed by atoms with Crippen molar-refractivity contribution in [3.05, 3.63) is 47.5 Å². The van der Waals surface area contributed by atoms with Crippen LogP contribution in [-0.2, 0) is 17.7 Å². The van der Waals surface area contributed by atoms with Crippen molar-refractivity contribution in [3.63, 3.8) is 0 Å². The molecule has 0 aliphatic rings. The van der Waals surface area contributed by atoms with E-state index in [2.05, 4.69) is 5.32 Å². The van der Waals surface area contributed by atoms with Gasteiger partial charge in [0.25, 0.3) is 7.11 Å². The molecule has 1 amide bonds. The molecule has 29 heavy (non-hydrogen) atoms. The van der Waals surface area contributed by atoms with Crippen molar-refractivity contribution in [1.82, 2.24) is 5.32 Å². The number of carbonyl (C=O) groups excluding carboxylic acids is 1. The van der Waals surface area contributed by atoms with Gasteiger partial charge in [0, 0.05) is 19.0 Å². The third-order valence-electron chi connectivity index (χ3n) is 4.32. The number of rotatable bonds is 11. The van der Waals surface area contributed by atoms with Crippen molar-refractivity contribution in [1.29, 1.82) is 0 Å². The van der Waals surface area contributed by atoms with Crippen LogP contribution in [0.1, 0.15) is 11.1 Å². The molecule has 2 aromatic carbocycles. The largest absolute Gasteiger partial charge is 0.493 e. The molecule has 0 atom stereocenters. The number of hydrogen-bond donors (Lipinski definition) is 2. The first-order valence-electron chi connectivity index (χ1n) is 9.29. The second-order valence-corrected chi connectivity index (χ2v) is 6.17. The van der Waals surface area contributed by atoms with Gasteiger partial charge in [0.1, 0.15) is 6.54 Å². The van der Waals surface area contributed by atoms with Gasteiger partial charge in [-0.1, -0.05) is 6.07 Å². The maximum absolute atomic E-state index is 11.8. The number of methoxy groups -OCH3 is 4. The third-order valence-corrected chi connectivity index (χ3v) is 4.32. The molecular formula is C21H29N2O6+2. The number of hydroxylamine groups is 1. The van der Waals surface area contributed by atoms with Crippen LogP contribution in [0.25, 0.3) is 0 Å². The van der Waals surface area contributed by atoms with Gasteiger partial charge in [-0.05, 0) is 41.8 Å². The Bertz CT molecular complexity index is 797. The molecule has 2 aromatic rings. The number of ether oxygens (including phenoxy) is 4.